The summed E-state index contributed by atoms with van der Waals surface area (Å²) in [6.45, 7) is 0.549. The number of nitrogens with two attached hydrogens (primary N) is 1. The van der Waals surface area contributed by atoms with Crippen molar-refractivity contribution in [2.45, 2.75) is 6.54 Å². The standard InChI is InChI=1S/C15H13BrN2O2/c16-11-4-5-14-13(7-11)18(15(19)9-20-14)8-10-2-1-3-12(17)6-10/h1-7H,8-9,17H2. The van der Waals surface area contributed by atoms with Crippen LogP contribution in [0.15, 0.2) is 46.9 Å². The summed E-state index contributed by atoms with van der Waals surface area (Å²) in [5.41, 5.74) is 8.24. The Labute approximate surface area is 125 Å². The summed E-state index contributed by atoms with van der Waals surface area (Å²) in [5.74, 6) is 0.662. The molecule has 1 aliphatic rings. The molecule has 1 aliphatic heterocycles. The maximum Gasteiger partial charge on any atom is 0.265 e. The lowest BCUT2D eigenvalue weighted by Crippen LogP contribution is -2.38. The van der Waals surface area contributed by atoms with Crippen molar-refractivity contribution in [1.29, 1.82) is 0 Å². The number of rotatable bonds is 2. The van der Waals surface area contributed by atoms with E-state index in [1.807, 2.05) is 42.5 Å². The number of ether oxygens (including phenoxy) is 1. The van der Waals surface area contributed by atoms with E-state index >= 15 is 0 Å². The second-order valence-electron chi connectivity index (χ2n) is 4.63. The Morgan fingerprint density at radius 1 is 1.25 bits per heavy atom. The molecule has 20 heavy (non-hydrogen) atoms. The molecule has 102 valence electrons. The average molecular weight is 333 g/mol. The smallest absolute Gasteiger partial charge is 0.265 e. The van der Waals surface area contributed by atoms with Crippen molar-refractivity contribution in [1.82, 2.24) is 0 Å². The third-order valence-corrected chi connectivity index (χ3v) is 3.65. The Hall–Kier alpha value is -2.01. The molecule has 1 amide bonds. The summed E-state index contributed by atoms with van der Waals surface area (Å²) in [6.07, 6.45) is 0. The molecule has 5 heteroatoms. The highest BCUT2D eigenvalue weighted by Gasteiger charge is 2.25. The lowest BCUT2D eigenvalue weighted by molar-refractivity contribution is -0.121. The Morgan fingerprint density at radius 2 is 2.10 bits per heavy atom. The molecule has 0 spiro atoms. The van der Waals surface area contributed by atoms with Gasteiger partial charge in [0, 0.05) is 10.2 Å². The molecule has 2 aromatic carbocycles. The molecule has 0 atom stereocenters. The molecule has 0 saturated heterocycles. The number of nitrogen functional groups attached to an aromatic ring is 1. The van der Waals surface area contributed by atoms with Crippen molar-refractivity contribution in [3.63, 3.8) is 0 Å². The monoisotopic (exact) mass is 332 g/mol. The van der Waals surface area contributed by atoms with Crippen LogP contribution >= 0.6 is 15.9 Å². The van der Waals surface area contributed by atoms with E-state index in [0.717, 1.165) is 21.5 Å². The van der Waals surface area contributed by atoms with Crippen molar-refractivity contribution in [2.75, 3.05) is 17.2 Å². The quantitative estimate of drug-likeness (QED) is 0.860. The van der Waals surface area contributed by atoms with Crippen LogP contribution in [0.1, 0.15) is 5.56 Å². The van der Waals surface area contributed by atoms with E-state index in [9.17, 15) is 4.79 Å². The Kier molecular flexibility index (Phi) is 3.36. The van der Waals surface area contributed by atoms with Gasteiger partial charge in [0.25, 0.3) is 5.91 Å². The zero-order valence-electron chi connectivity index (χ0n) is 10.7. The van der Waals surface area contributed by atoms with Gasteiger partial charge in [0.05, 0.1) is 12.2 Å². The first-order chi connectivity index (χ1) is 9.63. The third-order valence-electron chi connectivity index (χ3n) is 3.16. The summed E-state index contributed by atoms with van der Waals surface area (Å²) in [6, 6.07) is 13.2. The highest BCUT2D eigenvalue weighted by atomic mass is 79.9. The first-order valence-electron chi connectivity index (χ1n) is 6.20. The van der Waals surface area contributed by atoms with Gasteiger partial charge in [-0.25, -0.2) is 0 Å². The van der Waals surface area contributed by atoms with Gasteiger partial charge in [0.1, 0.15) is 5.75 Å². The van der Waals surface area contributed by atoms with Gasteiger partial charge in [0.2, 0.25) is 0 Å². The number of anilines is 2. The van der Waals surface area contributed by atoms with Crippen LogP contribution in [0.4, 0.5) is 11.4 Å². The van der Waals surface area contributed by atoms with Gasteiger partial charge < -0.3 is 15.4 Å². The number of halogens is 1. The second-order valence-corrected chi connectivity index (χ2v) is 5.54. The highest BCUT2D eigenvalue weighted by Crippen LogP contribution is 2.35. The van der Waals surface area contributed by atoms with Crippen LogP contribution in [-0.4, -0.2) is 12.5 Å². The van der Waals surface area contributed by atoms with E-state index in [1.165, 1.54) is 0 Å². The number of carbonyl (C=O) groups is 1. The van der Waals surface area contributed by atoms with Crippen molar-refractivity contribution >= 4 is 33.2 Å². The second kappa shape index (κ2) is 5.17. The van der Waals surface area contributed by atoms with Crippen molar-refractivity contribution < 1.29 is 9.53 Å². The average Bonchev–Trinajstić information content (AvgIpc) is 2.42. The molecule has 2 aromatic rings. The molecule has 0 radical (unpaired) electrons. The number of nitrogens with zero attached hydrogens (tertiary/aromatic N) is 1. The zero-order chi connectivity index (χ0) is 14.1. The fourth-order valence-corrected chi connectivity index (χ4v) is 2.57. The molecule has 0 aliphatic carbocycles. The van der Waals surface area contributed by atoms with E-state index < -0.39 is 0 Å². The topological polar surface area (TPSA) is 55.6 Å². The minimum absolute atomic E-state index is 0.0574. The lowest BCUT2D eigenvalue weighted by atomic mass is 10.1. The molecule has 0 fully saturated rings. The largest absolute Gasteiger partial charge is 0.482 e. The Morgan fingerprint density at radius 3 is 2.90 bits per heavy atom. The minimum Gasteiger partial charge on any atom is -0.482 e. The fraction of sp³-hybridized carbons (Fsp3) is 0.133. The van der Waals surface area contributed by atoms with E-state index in [0.29, 0.717) is 12.2 Å². The summed E-state index contributed by atoms with van der Waals surface area (Å²) in [4.78, 5) is 13.8. The van der Waals surface area contributed by atoms with Crippen LogP contribution < -0.4 is 15.4 Å². The fourth-order valence-electron chi connectivity index (χ4n) is 2.22. The summed E-state index contributed by atoms with van der Waals surface area (Å²) in [5, 5.41) is 0. The van der Waals surface area contributed by atoms with Gasteiger partial charge in [-0.3, -0.25) is 4.79 Å². The molecule has 0 aromatic heterocycles. The summed E-state index contributed by atoms with van der Waals surface area (Å²) >= 11 is 3.42. The van der Waals surface area contributed by atoms with Gasteiger partial charge in [-0.1, -0.05) is 28.1 Å². The number of carbonyl (C=O) groups excluding carboxylic acids is 1. The van der Waals surface area contributed by atoms with Crippen LogP contribution in [0.3, 0.4) is 0 Å². The van der Waals surface area contributed by atoms with Crippen molar-refractivity contribution in [3.05, 3.63) is 52.5 Å². The number of benzene rings is 2. The Balaban J connectivity index is 1.97. The molecular formula is C15H13BrN2O2. The summed E-state index contributed by atoms with van der Waals surface area (Å²) in [7, 11) is 0. The predicted octanol–water partition coefficient (Wildman–Crippen LogP) is 2.96. The predicted molar refractivity (Wildman–Crippen MR) is 81.7 cm³/mol. The molecule has 0 saturated carbocycles. The van der Waals surface area contributed by atoms with Gasteiger partial charge in [0.15, 0.2) is 6.61 Å². The number of hydrogen-bond acceptors (Lipinski definition) is 3. The van der Waals surface area contributed by atoms with Gasteiger partial charge >= 0.3 is 0 Å². The number of hydrogen-bond donors (Lipinski definition) is 1. The van der Waals surface area contributed by atoms with Crippen LogP contribution in [0.5, 0.6) is 5.75 Å². The lowest BCUT2D eigenvalue weighted by Gasteiger charge is -2.29. The third kappa shape index (κ3) is 2.49. The van der Waals surface area contributed by atoms with Gasteiger partial charge in [-0.05, 0) is 35.9 Å². The normalized spacial score (nSPS) is 13.8. The van der Waals surface area contributed by atoms with E-state index in [2.05, 4.69) is 15.9 Å². The zero-order valence-corrected chi connectivity index (χ0v) is 12.3. The molecule has 2 N–H and O–H groups in total. The first-order valence-corrected chi connectivity index (χ1v) is 7.00. The van der Waals surface area contributed by atoms with E-state index in [-0.39, 0.29) is 12.5 Å². The Bertz CT molecular complexity index is 673. The van der Waals surface area contributed by atoms with E-state index in [1.54, 1.807) is 4.90 Å². The molecule has 3 rings (SSSR count). The van der Waals surface area contributed by atoms with Crippen LogP contribution in [-0.2, 0) is 11.3 Å². The first kappa shape index (κ1) is 13.0. The maximum absolute atomic E-state index is 12.1. The maximum atomic E-state index is 12.1. The van der Waals surface area contributed by atoms with E-state index in [4.69, 9.17) is 10.5 Å². The van der Waals surface area contributed by atoms with Crippen LogP contribution in [0.25, 0.3) is 0 Å². The highest BCUT2D eigenvalue weighted by molar-refractivity contribution is 9.10. The molecular weight excluding hydrogens is 320 g/mol. The van der Waals surface area contributed by atoms with Crippen LogP contribution in [0.2, 0.25) is 0 Å². The summed E-state index contributed by atoms with van der Waals surface area (Å²) < 4.78 is 6.36. The van der Waals surface area contributed by atoms with Crippen molar-refractivity contribution in [3.8, 4) is 5.75 Å². The molecule has 0 bridgehead atoms. The van der Waals surface area contributed by atoms with Gasteiger partial charge in [-0.2, -0.15) is 0 Å². The van der Waals surface area contributed by atoms with Crippen molar-refractivity contribution in [2.24, 2.45) is 0 Å². The van der Waals surface area contributed by atoms with Gasteiger partial charge in [-0.15, -0.1) is 0 Å². The molecule has 1 heterocycles. The minimum atomic E-state index is -0.0574. The van der Waals surface area contributed by atoms with Crippen LogP contribution in [0, 0.1) is 0 Å². The number of amides is 1. The molecule has 0 unspecified atom stereocenters. The SMILES string of the molecule is Nc1cccc(CN2C(=O)COc3ccc(Br)cc32)c1. The number of fused-ring (bicyclic) bond motifs is 1. The molecule has 4 nitrogen and oxygen atoms in total.